The Morgan fingerprint density at radius 3 is 2.92 bits per heavy atom. The van der Waals surface area contributed by atoms with E-state index in [1.54, 1.807) is 0 Å². The second-order valence-electron chi connectivity index (χ2n) is 2.83. The summed E-state index contributed by atoms with van der Waals surface area (Å²) in [7, 11) is 0. The van der Waals surface area contributed by atoms with Gasteiger partial charge in [-0.1, -0.05) is 30.9 Å². The highest BCUT2D eigenvalue weighted by Crippen LogP contribution is 2.04. The van der Waals surface area contributed by atoms with Gasteiger partial charge in [0.25, 0.3) is 0 Å². The van der Waals surface area contributed by atoms with Crippen molar-refractivity contribution in [2.75, 3.05) is 5.75 Å². The van der Waals surface area contributed by atoms with Crippen molar-refractivity contribution >= 4 is 12.6 Å². The molecule has 0 heterocycles. The van der Waals surface area contributed by atoms with Gasteiger partial charge in [-0.25, -0.2) is 0 Å². The Hall–Kier alpha value is -0.870. The molecule has 68 valence electrons. The summed E-state index contributed by atoms with van der Waals surface area (Å²) in [6, 6.07) is 8.38. The standard InChI is InChI=1S/C12H14S/c1-2-11-7-5-8-12(10-11)6-3-4-9-13/h5,7-8,10,13H,2,4,9H2,1H3. The molecule has 1 heteroatoms. The van der Waals surface area contributed by atoms with Gasteiger partial charge in [0.15, 0.2) is 0 Å². The Morgan fingerprint density at radius 2 is 2.23 bits per heavy atom. The maximum absolute atomic E-state index is 4.10. The van der Waals surface area contributed by atoms with Crippen LogP contribution in [0.2, 0.25) is 0 Å². The number of thiol groups is 1. The van der Waals surface area contributed by atoms with Crippen LogP contribution in [0.5, 0.6) is 0 Å². The molecule has 0 saturated carbocycles. The molecule has 0 saturated heterocycles. The van der Waals surface area contributed by atoms with Gasteiger partial charge in [0, 0.05) is 17.7 Å². The summed E-state index contributed by atoms with van der Waals surface area (Å²) in [4.78, 5) is 0. The molecule has 0 radical (unpaired) electrons. The zero-order valence-electron chi connectivity index (χ0n) is 7.88. The van der Waals surface area contributed by atoms with Crippen molar-refractivity contribution in [1.29, 1.82) is 0 Å². The van der Waals surface area contributed by atoms with Gasteiger partial charge in [-0.3, -0.25) is 0 Å². The van der Waals surface area contributed by atoms with E-state index in [4.69, 9.17) is 0 Å². The summed E-state index contributed by atoms with van der Waals surface area (Å²) in [5, 5.41) is 0. The molecule has 13 heavy (non-hydrogen) atoms. The molecule has 0 aliphatic rings. The molecule has 0 aliphatic heterocycles. The zero-order valence-corrected chi connectivity index (χ0v) is 8.77. The van der Waals surface area contributed by atoms with Crippen LogP contribution in [0.25, 0.3) is 0 Å². The van der Waals surface area contributed by atoms with Crippen molar-refractivity contribution in [1.82, 2.24) is 0 Å². The SMILES string of the molecule is CCc1cccc(C#CCCS)c1. The number of benzene rings is 1. The fourth-order valence-electron chi connectivity index (χ4n) is 1.09. The molecule has 0 aliphatic carbocycles. The van der Waals surface area contributed by atoms with Crippen LogP contribution in [-0.2, 0) is 6.42 Å². The lowest BCUT2D eigenvalue weighted by molar-refractivity contribution is 1.14. The van der Waals surface area contributed by atoms with Gasteiger partial charge < -0.3 is 0 Å². The zero-order chi connectivity index (χ0) is 9.52. The molecule has 0 bridgehead atoms. The number of hydrogen-bond donors (Lipinski definition) is 1. The highest BCUT2D eigenvalue weighted by molar-refractivity contribution is 7.80. The van der Waals surface area contributed by atoms with Gasteiger partial charge in [-0.05, 0) is 24.1 Å². The fraction of sp³-hybridized carbons (Fsp3) is 0.333. The maximum atomic E-state index is 4.10. The Morgan fingerprint density at radius 1 is 1.38 bits per heavy atom. The molecule has 0 amide bonds. The minimum Gasteiger partial charge on any atom is -0.178 e. The molecule has 0 spiro atoms. The van der Waals surface area contributed by atoms with E-state index in [1.165, 1.54) is 5.56 Å². The number of hydrogen-bond acceptors (Lipinski definition) is 1. The topological polar surface area (TPSA) is 0 Å². The lowest BCUT2D eigenvalue weighted by atomic mass is 10.1. The highest BCUT2D eigenvalue weighted by atomic mass is 32.1. The minimum absolute atomic E-state index is 0.834. The molecule has 1 aromatic carbocycles. The van der Waals surface area contributed by atoms with Crippen molar-refractivity contribution in [2.24, 2.45) is 0 Å². The van der Waals surface area contributed by atoms with E-state index < -0.39 is 0 Å². The first-order valence-electron chi connectivity index (χ1n) is 4.55. The molecule has 0 aromatic heterocycles. The average molecular weight is 190 g/mol. The van der Waals surface area contributed by atoms with Gasteiger partial charge in [-0.2, -0.15) is 12.6 Å². The smallest absolute Gasteiger partial charge is 0.0247 e. The summed E-state index contributed by atoms with van der Waals surface area (Å²) in [5.41, 5.74) is 2.46. The first-order valence-corrected chi connectivity index (χ1v) is 5.18. The fourth-order valence-corrected chi connectivity index (χ4v) is 1.20. The molecular formula is C12H14S. The number of rotatable bonds is 2. The van der Waals surface area contributed by atoms with Gasteiger partial charge in [0.05, 0.1) is 0 Å². The van der Waals surface area contributed by atoms with Gasteiger partial charge in [-0.15, -0.1) is 0 Å². The normalized spacial score (nSPS) is 9.08. The molecule has 0 unspecified atom stereocenters. The third-order valence-electron chi connectivity index (χ3n) is 1.80. The van der Waals surface area contributed by atoms with E-state index in [2.05, 4.69) is 49.6 Å². The van der Waals surface area contributed by atoms with Crippen LogP contribution in [-0.4, -0.2) is 5.75 Å². The molecule has 1 rings (SSSR count). The largest absolute Gasteiger partial charge is 0.178 e. The lowest BCUT2D eigenvalue weighted by Gasteiger charge is -1.95. The molecule has 0 N–H and O–H groups in total. The van der Waals surface area contributed by atoms with Crippen molar-refractivity contribution in [3.8, 4) is 11.8 Å². The van der Waals surface area contributed by atoms with Crippen LogP contribution in [0.3, 0.4) is 0 Å². The molecule has 1 aromatic rings. The van der Waals surface area contributed by atoms with Crippen molar-refractivity contribution in [3.05, 3.63) is 35.4 Å². The van der Waals surface area contributed by atoms with Crippen LogP contribution < -0.4 is 0 Å². The Labute approximate surface area is 85.8 Å². The first-order chi connectivity index (χ1) is 6.36. The lowest BCUT2D eigenvalue weighted by Crippen LogP contribution is -1.81. The van der Waals surface area contributed by atoms with Crippen molar-refractivity contribution < 1.29 is 0 Å². The van der Waals surface area contributed by atoms with Crippen LogP contribution in [0, 0.1) is 11.8 Å². The van der Waals surface area contributed by atoms with Crippen molar-refractivity contribution in [2.45, 2.75) is 19.8 Å². The predicted molar refractivity (Wildman–Crippen MR) is 61.2 cm³/mol. The van der Waals surface area contributed by atoms with E-state index in [9.17, 15) is 0 Å². The van der Waals surface area contributed by atoms with Gasteiger partial charge in [0.2, 0.25) is 0 Å². The van der Waals surface area contributed by atoms with Crippen LogP contribution in [0.1, 0.15) is 24.5 Å². The third kappa shape index (κ3) is 3.57. The highest BCUT2D eigenvalue weighted by Gasteiger charge is 1.89. The number of aryl methyl sites for hydroxylation is 1. The summed E-state index contributed by atoms with van der Waals surface area (Å²) in [6.07, 6.45) is 1.93. The predicted octanol–water partition coefficient (Wildman–Crippen LogP) is 2.92. The first kappa shape index (κ1) is 10.2. The summed E-state index contributed by atoms with van der Waals surface area (Å²) >= 11 is 4.10. The maximum Gasteiger partial charge on any atom is 0.0247 e. The Balaban J connectivity index is 2.73. The summed E-state index contributed by atoms with van der Waals surface area (Å²) < 4.78 is 0. The van der Waals surface area contributed by atoms with E-state index in [1.807, 2.05) is 6.07 Å². The second-order valence-corrected chi connectivity index (χ2v) is 3.28. The molecular weight excluding hydrogens is 176 g/mol. The molecule has 0 nitrogen and oxygen atoms in total. The van der Waals surface area contributed by atoms with E-state index in [0.717, 1.165) is 24.2 Å². The monoisotopic (exact) mass is 190 g/mol. The molecule has 0 fully saturated rings. The quantitative estimate of drug-likeness (QED) is 0.538. The second kappa shape index (κ2) is 5.72. The van der Waals surface area contributed by atoms with Gasteiger partial charge >= 0.3 is 0 Å². The third-order valence-corrected chi connectivity index (χ3v) is 2.03. The molecule has 0 atom stereocenters. The average Bonchev–Trinajstić information content (AvgIpc) is 2.19. The van der Waals surface area contributed by atoms with E-state index >= 15 is 0 Å². The Kier molecular flexibility index (Phi) is 4.49. The van der Waals surface area contributed by atoms with Gasteiger partial charge in [0.1, 0.15) is 0 Å². The Bertz CT molecular complexity index is 317. The van der Waals surface area contributed by atoms with E-state index in [0.29, 0.717) is 0 Å². The van der Waals surface area contributed by atoms with E-state index in [-0.39, 0.29) is 0 Å². The van der Waals surface area contributed by atoms with Crippen molar-refractivity contribution in [3.63, 3.8) is 0 Å². The van der Waals surface area contributed by atoms with Crippen LogP contribution >= 0.6 is 12.6 Å². The summed E-state index contributed by atoms with van der Waals surface area (Å²) in [5.74, 6) is 7.03. The van der Waals surface area contributed by atoms with Crippen LogP contribution in [0.15, 0.2) is 24.3 Å². The van der Waals surface area contributed by atoms with Crippen LogP contribution in [0.4, 0.5) is 0 Å². The summed E-state index contributed by atoms with van der Waals surface area (Å²) in [6.45, 7) is 2.15. The minimum atomic E-state index is 0.834.